The Bertz CT molecular complexity index is 1080. The van der Waals surface area contributed by atoms with Crippen LogP contribution in [0.4, 0.5) is 0 Å². The minimum absolute atomic E-state index is 0.0546. The molecule has 3 aromatic carbocycles. The fraction of sp³-hybridized carbons (Fsp3) is 0.160. The maximum atomic E-state index is 12.7. The summed E-state index contributed by atoms with van der Waals surface area (Å²) in [5, 5.41) is 4.29. The van der Waals surface area contributed by atoms with Crippen LogP contribution >= 0.6 is 0 Å². The van der Waals surface area contributed by atoms with Crippen LogP contribution in [-0.2, 0) is 0 Å². The van der Waals surface area contributed by atoms with E-state index in [9.17, 15) is 4.79 Å². The number of aromatic amines is 1. The van der Waals surface area contributed by atoms with E-state index in [1.807, 2.05) is 55.6 Å². The van der Waals surface area contributed by atoms with Gasteiger partial charge < -0.3 is 15.0 Å². The summed E-state index contributed by atoms with van der Waals surface area (Å²) in [6.45, 7) is 3.06. The smallest absolute Gasteiger partial charge is 0.251 e. The summed E-state index contributed by atoms with van der Waals surface area (Å²) in [5.41, 5.74) is 4.07. The Morgan fingerprint density at radius 2 is 1.69 bits per heavy atom. The van der Waals surface area contributed by atoms with E-state index in [1.54, 1.807) is 12.1 Å². The molecule has 0 spiro atoms. The van der Waals surface area contributed by atoms with Crippen LogP contribution in [0.5, 0.6) is 5.75 Å². The SMILES string of the molecule is CCOc1ccc(C(=O)NCC(c2ccccc2)c2c[nH]c3ccccc23)cc1. The number of rotatable bonds is 7. The number of hydrogen-bond donors (Lipinski definition) is 2. The molecular weight excluding hydrogens is 360 g/mol. The summed E-state index contributed by atoms with van der Waals surface area (Å²) in [6.07, 6.45) is 2.05. The first-order valence-electron chi connectivity index (χ1n) is 9.88. The molecule has 0 radical (unpaired) electrons. The van der Waals surface area contributed by atoms with Gasteiger partial charge in [0.25, 0.3) is 5.91 Å². The van der Waals surface area contributed by atoms with E-state index < -0.39 is 0 Å². The van der Waals surface area contributed by atoms with Gasteiger partial charge >= 0.3 is 0 Å². The van der Waals surface area contributed by atoms with Gasteiger partial charge in [0, 0.05) is 35.1 Å². The third-order valence-electron chi connectivity index (χ3n) is 5.09. The van der Waals surface area contributed by atoms with Crippen molar-refractivity contribution in [2.45, 2.75) is 12.8 Å². The molecule has 146 valence electrons. The minimum atomic E-state index is -0.0891. The van der Waals surface area contributed by atoms with Crippen LogP contribution in [0, 0.1) is 0 Å². The Morgan fingerprint density at radius 1 is 0.966 bits per heavy atom. The van der Waals surface area contributed by atoms with E-state index in [2.05, 4.69) is 34.6 Å². The van der Waals surface area contributed by atoms with Gasteiger partial charge in [-0.25, -0.2) is 0 Å². The van der Waals surface area contributed by atoms with Crippen molar-refractivity contribution in [3.63, 3.8) is 0 Å². The van der Waals surface area contributed by atoms with Gasteiger partial charge in [-0.2, -0.15) is 0 Å². The van der Waals surface area contributed by atoms with E-state index in [0.717, 1.165) is 11.3 Å². The van der Waals surface area contributed by atoms with Crippen molar-refractivity contribution in [1.82, 2.24) is 10.3 Å². The van der Waals surface area contributed by atoms with Crippen LogP contribution in [0.25, 0.3) is 10.9 Å². The number of H-pyrrole nitrogens is 1. The summed E-state index contributed by atoms with van der Waals surface area (Å²) >= 11 is 0. The van der Waals surface area contributed by atoms with Crippen molar-refractivity contribution in [1.29, 1.82) is 0 Å². The van der Waals surface area contributed by atoms with Gasteiger partial charge in [0.05, 0.1) is 6.61 Å². The predicted molar refractivity (Wildman–Crippen MR) is 117 cm³/mol. The zero-order valence-electron chi connectivity index (χ0n) is 16.4. The lowest BCUT2D eigenvalue weighted by molar-refractivity contribution is 0.0952. The largest absolute Gasteiger partial charge is 0.494 e. The number of carbonyl (C=O) groups excluding carboxylic acids is 1. The molecule has 0 aliphatic rings. The fourth-order valence-electron chi connectivity index (χ4n) is 3.64. The van der Waals surface area contributed by atoms with Crippen LogP contribution in [0.15, 0.2) is 85.1 Å². The first-order chi connectivity index (χ1) is 14.3. The van der Waals surface area contributed by atoms with Gasteiger partial charge in [0.2, 0.25) is 0 Å². The molecule has 1 atom stereocenters. The molecule has 1 unspecified atom stereocenters. The molecule has 0 aliphatic heterocycles. The summed E-state index contributed by atoms with van der Waals surface area (Å²) in [5.74, 6) is 0.734. The standard InChI is InChI=1S/C25H24N2O2/c1-2-29-20-14-12-19(13-15-20)25(28)27-16-22(18-8-4-3-5-9-18)23-17-26-24-11-7-6-10-21(23)24/h3-15,17,22,26H,2,16H2,1H3,(H,27,28). The van der Waals surface area contributed by atoms with Gasteiger partial charge in [-0.05, 0) is 48.4 Å². The highest BCUT2D eigenvalue weighted by Gasteiger charge is 2.19. The first-order valence-corrected chi connectivity index (χ1v) is 9.88. The third kappa shape index (κ3) is 4.16. The second-order valence-corrected chi connectivity index (χ2v) is 6.92. The molecule has 0 saturated heterocycles. The molecule has 0 aliphatic carbocycles. The van der Waals surface area contributed by atoms with Crippen LogP contribution in [0.1, 0.15) is 34.3 Å². The van der Waals surface area contributed by atoms with Crippen molar-refractivity contribution in [2.75, 3.05) is 13.2 Å². The lowest BCUT2D eigenvalue weighted by atomic mass is 9.91. The third-order valence-corrected chi connectivity index (χ3v) is 5.09. The summed E-state index contributed by atoms with van der Waals surface area (Å²) in [4.78, 5) is 16.1. The van der Waals surface area contributed by atoms with Crippen LogP contribution in [0.3, 0.4) is 0 Å². The molecule has 1 heterocycles. The second kappa shape index (κ2) is 8.65. The molecule has 0 bridgehead atoms. The molecule has 4 rings (SSSR count). The fourth-order valence-corrected chi connectivity index (χ4v) is 3.64. The Kier molecular flexibility index (Phi) is 5.61. The number of carbonyl (C=O) groups is 1. The Morgan fingerprint density at radius 3 is 2.45 bits per heavy atom. The topological polar surface area (TPSA) is 54.1 Å². The normalized spacial score (nSPS) is 11.9. The van der Waals surface area contributed by atoms with E-state index >= 15 is 0 Å². The number of para-hydroxylation sites is 1. The summed E-state index contributed by atoms with van der Waals surface area (Å²) in [6, 6.07) is 25.8. The number of hydrogen-bond acceptors (Lipinski definition) is 2. The Balaban J connectivity index is 1.57. The molecule has 0 fully saturated rings. The van der Waals surface area contributed by atoms with Crippen LogP contribution in [-0.4, -0.2) is 24.0 Å². The van der Waals surface area contributed by atoms with Gasteiger partial charge in [-0.1, -0.05) is 48.5 Å². The quantitative estimate of drug-likeness (QED) is 0.464. The van der Waals surface area contributed by atoms with Crippen molar-refractivity contribution in [2.24, 2.45) is 0 Å². The van der Waals surface area contributed by atoms with E-state index in [1.165, 1.54) is 16.5 Å². The highest BCUT2D eigenvalue weighted by atomic mass is 16.5. The highest BCUT2D eigenvalue weighted by molar-refractivity contribution is 5.94. The van der Waals surface area contributed by atoms with Crippen LogP contribution in [0.2, 0.25) is 0 Å². The van der Waals surface area contributed by atoms with Crippen molar-refractivity contribution in [3.05, 3.63) is 102 Å². The lowest BCUT2D eigenvalue weighted by Gasteiger charge is -2.18. The number of aromatic nitrogens is 1. The van der Waals surface area contributed by atoms with Crippen LogP contribution < -0.4 is 10.1 Å². The lowest BCUT2D eigenvalue weighted by Crippen LogP contribution is -2.28. The molecule has 1 amide bonds. The number of ether oxygens (including phenoxy) is 1. The van der Waals surface area contributed by atoms with Gasteiger partial charge in [-0.3, -0.25) is 4.79 Å². The molecule has 4 heteroatoms. The minimum Gasteiger partial charge on any atom is -0.494 e. The maximum absolute atomic E-state index is 12.7. The number of nitrogens with one attached hydrogen (secondary N) is 2. The van der Waals surface area contributed by atoms with Crippen molar-refractivity contribution < 1.29 is 9.53 Å². The summed E-state index contributed by atoms with van der Waals surface area (Å²) < 4.78 is 5.45. The van der Waals surface area contributed by atoms with Crippen molar-refractivity contribution >= 4 is 16.8 Å². The van der Waals surface area contributed by atoms with Crippen molar-refractivity contribution in [3.8, 4) is 5.75 Å². The average Bonchev–Trinajstić information content (AvgIpc) is 3.19. The predicted octanol–water partition coefficient (Wildman–Crippen LogP) is 5.13. The zero-order chi connectivity index (χ0) is 20.1. The molecular formula is C25H24N2O2. The maximum Gasteiger partial charge on any atom is 0.251 e. The molecule has 4 nitrogen and oxygen atoms in total. The Labute approximate surface area is 170 Å². The average molecular weight is 384 g/mol. The first kappa shape index (κ1) is 18.8. The van der Waals surface area contributed by atoms with E-state index in [0.29, 0.717) is 18.7 Å². The highest BCUT2D eigenvalue weighted by Crippen LogP contribution is 2.30. The van der Waals surface area contributed by atoms with Gasteiger partial charge in [-0.15, -0.1) is 0 Å². The zero-order valence-corrected chi connectivity index (χ0v) is 16.4. The summed E-state index contributed by atoms with van der Waals surface area (Å²) in [7, 11) is 0. The van der Waals surface area contributed by atoms with Gasteiger partial charge in [0.1, 0.15) is 5.75 Å². The van der Waals surface area contributed by atoms with E-state index in [-0.39, 0.29) is 11.8 Å². The Hall–Kier alpha value is -3.53. The molecule has 1 aromatic heterocycles. The van der Waals surface area contributed by atoms with E-state index in [4.69, 9.17) is 4.74 Å². The number of amides is 1. The molecule has 29 heavy (non-hydrogen) atoms. The number of benzene rings is 3. The second-order valence-electron chi connectivity index (χ2n) is 6.92. The molecule has 4 aromatic rings. The number of fused-ring (bicyclic) bond motifs is 1. The van der Waals surface area contributed by atoms with Gasteiger partial charge in [0.15, 0.2) is 0 Å². The molecule has 2 N–H and O–H groups in total. The monoisotopic (exact) mass is 384 g/mol. The molecule has 0 saturated carbocycles.